The first-order valence-electron chi connectivity index (χ1n) is 7.17. The van der Waals surface area contributed by atoms with Gasteiger partial charge in [-0.3, -0.25) is 9.59 Å². The molecule has 3 amide bonds. The topological polar surface area (TPSA) is 98.7 Å². The van der Waals surface area contributed by atoms with Crippen molar-refractivity contribution in [3.8, 4) is 0 Å². The highest BCUT2D eigenvalue weighted by molar-refractivity contribution is 5.79. The van der Waals surface area contributed by atoms with Crippen molar-refractivity contribution in [2.75, 3.05) is 19.6 Å². The summed E-state index contributed by atoms with van der Waals surface area (Å²) in [5.41, 5.74) is -0.291. The molecule has 0 aliphatic carbocycles. The van der Waals surface area contributed by atoms with Gasteiger partial charge in [-0.15, -0.1) is 0 Å². The van der Waals surface area contributed by atoms with E-state index in [1.54, 1.807) is 0 Å². The third kappa shape index (κ3) is 5.61. The molecular weight excluding hydrogens is 274 g/mol. The van der Waals surface area contributed by atoms with E-state index in [1.807, 2.05) is 27.7 Å². The number of carboxylic acid groups (broad SMARTS) is 1. The number of urea groups is 1. The van der Waals surface area contributed by atoms with E-state index in [0.717, 1.165) is 0 Å². The van der Waals surface area contributed by atoms with Gasteiger partial charge in [-0.1, -0.05) is 6.92 Å². The lowest BCUT2D eigenvalue weighted by atomic mass is 9.99. The molecule has 1 saturated heterocycles. The van der Waals surface area contributed by atoms with Gasteiger partial charge >= 0.3 is 12.0 Å². The Labute approximate surface area is 125 Å². The summed E-state index contributed by atoms with van der Waals surface area (Å²) in [7, 11) is 0. The Bertz CT molecular complexity index is 417. The van der Waals surface area contributed by atoms with Crippen molar-refractivity contribution in [1.29, 1.82) is 0 Å². The van der Waals surface area contributed by atoms with Gasteiger partial charge in [-0.2, -0.15) is 0 Å². The molecule has 120 valence electrons. The highest BCUT2D eigenvalue weighted by Crippen LogP contribution is 2.22. The quantitative estimate of drug-likeness (QED) is 0.710. The van der Waals surface area contributed by atoms with Gasteiger partial charge in [0.1, 0.15) is 0 Å². The van der Waals surface area contributed by atoms with Crippen molar-refractivity contribution in [2.45, 2.75) is 39.7 Å². The molecule has 0 saturated carbocycles. The standard InChI is InChI=1S/C14H25N3O4/c1-9-7-17(8-10(9)12(19)20)13(21)15-6-5-11(18)16-14(2,3)4/h9-10H,5-8H2,1-4H3,(H,15,21)(H,16,18)(H,19,20). The molecule has 0 bridgehead atoms. The number of nitrogens with one attached hydrogen (secondary N) is 2. The summed E-state index contributed by atoms with van der Waals surface area (Å²) in [4.78, 5) is 36.0. The number of nitrogens with zero attached hydrogens (tertiary/aromatic N) is 1. The van der Waals surface area contributed by atoms with Crippen LogP contribution in [0.3, 0.4) is 0 Å². The molecule has 1 fully saturated rings. The fourth-order valence-corrected chi connectivity index (χ4v) is 2.33. The Kier molecular flexibility index (Phi) is 5.57. The molecule has 0 aromatic carbocycles. The van der Waals surface area contributed by atoms with Gasteiger partial charge in [0.2, 0.25) is 5.91 Å². The number of carbonyl (C=O) groups excluding carboxylic acids is 2. The number of carboxylic acids is 1. The molecule has 7 heteroatoms. The monoisotopic (exact) mass is 299 g/mol. The molecule has 3 N–H and O–H groups in total. The highest BCUT2D eigenvalue weighted by Gasteiger charge is 2.36. The maximum Gasteiger partial charge on any atom is 0.317 e. The van der Waals surface area contributed by atoms with E-state index < -0.39 is 11.9 Å². The minimum absolute atomic E-state index is 0.0579. The summed E-state index contributed by atoms with van der Waals surface area (Å²) < 4.78 is 0. The Hall–Kier alpha value is -1.79. The zero-order valence-corrected chi connectivity index (χ0v) is 13.1. The van der Waals surface area contributed by atoms with Gasteiger partial charge in [-0.25, -0.2) is 4.79 Å². The molecule has 0 radical (unpaired) electrons. The van der Waals surface area contributed by atoms with E-state index in [1.165, 1.54) is 4.90 Å². The molecular formula is C14H25N3O4. The predicted molar refractivity (Wildman–Crippen MR) is 77.8 cm³/mol. The number of hydrogen-bond donors (Lipinski definition) is 3. The summed E-state index contributed by atoms with van der Waals surface area (Å²) >= 11 is 0. The number of carbonyl (C=O) groups is 3. The molecule has 1 rings (SSSR count). The zero-order chi connectivity index (χ0) is 16.2. The number of hydrogen-bond acceptors (Lipinski definition) is 3. The van der Waals surface area contributed by atoms with Crippen molar-refractivity contribution in [3.63, 3.8) is 0 Å². The maximum absolute atomic E-state index is 11.9. The van der Waals surface area contributed by atoms with Gasteiger partial charge < -0.3 is 20.6 Å². The minimum Gasteiger partial charge on any atom is -0.481 e. The average Bonchev–Trinajstić information content (AvgIpc) is 2.68. The highest BCUT2D eigenvalue weighted by atomic mass is 16.4. The van der Waals surface area contributed by atoms with Crippen molar-refractivity contribution in [3.05, 3.63) is 0 Å². The predicted octanol–water partition coefficient (Wildman–Crippen LogP) is 0.653. The largest absolute Gasteiger partial charge is 0.481 e. The van der Waals surface area contributed by atoms with Gasteiger partial charge in [0, 0.05) is 31.6 Å². The van der Waals surface area contributed by atoms with Gasteiger partial charge in [0.05, 0.1) is 5.92 Å². The van der Waals surface area contributed by atoms with E-state index in [4.69, 9.17) is 5.11 Å². The third-order valence-corrected chi connectivity index (χ3v) is 3.36. The normalized spacial score (nSPS) is 22.0. The summed E-state index contributed by atoms with van der Waals surface area (Å²) in [6.07, 6.45) is 0.203. The van der Waals surface area contributed by atoms with Gasteiger partial charge in [0.15, 0.2) is 0 Å². The van der Waals surface area contributed by atoms with Crippen LogP contribution in [0.15, 0.2) is 0 Å². The van der Waals surface area contributed by atoms with Crippen LogP contribution in [0, 0.1) is 11.8 Å². The molecule has 0 spiro atoms. The maximum atomic E-state index is 11.9. The number of aliphatic carboxylic acids is 1. The van der Waals surface area contributed by atoms with Crippen LogP contribution in [-0.2, 0) is 9.59 Å². The van der Waals surface area contributed by atoms with E-state index >= 15 is 0 Å². The lowest BCUT2D eigenvalue weighted by Gasteiger charge is -2.21. The molecule has 1 aliphatic rings. The molecule has 21 heavy (non-hydrogen) atoms. The average molecular weight is 299 g/mol. The third-order valence-electron chi connectivity index (χ3n) is 3.36. The van der Waals surface area contributed by atoms with E-state index in [2.05, 4.69) is 10.6 Å². The first kappa shape index (κ1) is 17.3. The molecule has 1 heterocycles. The van der Waals surface area contributed by atoms with Crippen LogP contribution < -0.4 is 10.6 Å². The van der Waals surface area contributed by atoms with Crippen LogP contribution in [0.1, 0.15) is 34.1 Å². The summed E-state index contributed by atoms with van der Waals surface area (Å²) in [6, 6.07) is -0.311. The van der Waals surface area contributed by atoms with Crippen molar-refractivity contribution >= 4 is 17.9 Å². The minimum atomic E-state index is -0.873. The number of rotatable bonds is 4. The SMILES string of the molecule is CC1CN(C(=O)NCCC(=O)NC(C)(C)C)CC1C(=O)O. The first-order valence-corrected chi connectivity index (χ1v) is 7.17. The van der Waals surface area contributed by atoms with E-state index in [-0.39, 0.29) is 42.9 Å². The van der Waals surface area contributed by atoms with Gasteiger partial charge in [0.25, 0.3) is 0 Å². The van der Waals surface area contributed by atoms with Crippen LogP contribution in [-0.4, -0.2) is 53.1 Å². The second-order valence-corrected chi connectivity index (χ2v) is 6.61. The van der Waals surface area contributed by atoms with Crippen LogP contribution in [0.25, 0.3) is 0 Å². The van der Waals surface area contributed by atoms with Crippen molar-refractivity contribution in [1.82, 2.24) is 15.5 Å². The Balaban J connectivity index is 2.32. The Morgan fingerprint density at radius 1 is 1.24 bits per heavy atom. The fraction of sp³-hybridized carbons (Fsp3) is 0.786. The molecule has 0 aromatic rings. The van der Waals surface area contributed by atoms with Crippen LogP contribution in [0.2, 0.25) is 0 Å². The number of likely N-dealkylation sites (tertiary alicyclic amines) is 1. The molecule has 7 nitrogen and oxygen atoms in total. The van der Waals surface area contributed by atoms with Crippen LogP contribution in [0.4, 0.5) is 4.79 Å². The zero-order valence-electron chi connectivity index (χ0n) is 13.1. The summed E-state index contributed by atoms with van der Waals surface area (Å²) in [5, 5.41) is 14.5. The van der Waals surface area contributed by atoms with Crippen LogP contribution in [0.5, 0.6) is 0 Å². The second-order valence-electron chi connectivity index (χ2n) is 6.61. The smallest absolute Gasteiger partial charge is 0.317 e. The van der Waals surface area contributed by atoms with E-state index in [0.29, 0.717) is 6.54 Å². The second kappa shape index (κ2) is 6.78. The van der Waals surface area contributed by atoms with Crippen molar-refractivity contribution in [2.24, 2.45) is 11.8 Å². The Morgan fingerprint density at radius 3 is 2.33 bits per heavy atom. The lowest BCUT2D eigenvalue weighted by molar-refractivity contribution is -0.142. The van der Waals surface area contributed by atoms with Crippen molar-refractivity contribution < 1.29 is 19.5 Å². The first-order chi connectivity index (χ1) is 9.60. The summed E-state index contributed by atoms with van der Waals surface area (Å²) in [6.45, 7) is 8.38. The van der Waals surface area contributed by atoms with Crippen LogP contribution >= 0.6 is 0 Å². The molecule has 1 aliphatic heterocycles. The number of amides is 3. The lowest BCUT2D eigenvalue weighted by Crippen LogP contribution is -2.43. The van der Waals surface area contributed by atoms with Gasteiger partial charge in [-0.05, 0) is 26.7 Å². The molecule has 2 unspecified atom stereocenters. The molecule has 0 aromatic heterocycles. The Morgan fingerprint density at radius 2 is 1.86 bits per heavy atom. The fourth-order valence-electron chi connectivity index (χ4n) is 2.33. The molecule has 2 atom stereocenters. The summed E-state index contributed by atoms with van der Waals surface area (Å²) in [5.74, 6) is -1.57. The van der Waals surface area contributed by atoms with E-state index in [9.17, 15) is 14.4 Å².